The van der Waals surface area contributed by atoms with E-state index >= 15 is 0 Å². The predicted octanol–water partition coefficient (Wildman–Crippen LogP) is 0.0797. The van der Waals surface area contributed by atoms with Gasteiger partial charge in [0.25, 0.3) is 0 Å². The number of nitrogens with two attached hydrogens (primary N) is 1. The standard InChI is InChI=1S/C33H47N9O9/c1-18(44)35-13-7-6-8-21(40-32(48)51-33(2,3)4)29(46)39-22(14-19-9-11-20(49-5)12-10-19)30(47)41-24-23(15-43)50-31(26(24)45)42-17-38-25-27(34)36-16-37-28(25)42/h9-12,16-17,21-24,26,31,43,45H,6-8,13-15H2,1-5H3,(H,35,44)(H,39,46)(H,40,48)(H,41,47)(H2,34,36,37)/t21-,22?,23-,24?,26+,31-/m1/s1. The molecule has 18 nitrogen and oxygen atoms in total. The van der Waals surface area contributed by atoms with Gasteiger partial charge >= 0.3 is 6.09 Å². The molecule has 1 fully saturated rings. The van der Waals surface area contributed by atoms with Gasteiger partial charge in [0.05, 0.1) is 26.1 Å². The number of ether oxygens (including phenoxy) is 3. The smallest absolute Gasteiger partial charge is 0.408 e. The van der Waals surface area contributed by atoms with E-state index in [9.17, 15) is 29.4 Å². The lowest BCUT2D eigenvalue weighted by Crippen LogP contribution is -2.58. The number of unbranched alkanes of at least 4 members (excludes halogenated alkanes) is 1. The number of alkyl carbamates (subject to hydrolysis) is 1. The molecule has 8 N–H and O–H groups in total. The van der Waals surface area contributed by atoms with E-state index in [1.165, 1.54) is 31.3 Å². The second-order valence-electron chi connectivity index (χ2n) is 13.1. The number of aliphatic hydroxyl groups excluding tert-OH is 2. The number of nitrogen functional groups attached to an aromatic ring is 1. The summed E-state index contributed by atoms with van der Waals surface area (Å²) in [5.41, 5.74) is 6.32. The van der Waals surface area contributed by atoms with Crippen LogP contribution in [-0.4, -0.2) is 110 Å². The predicted molar refractivity (Wildman–Crippen MR) is 183 cm³/mol. The van der Waals surface area contributed by atoms with Gasteiger partial charge in [-0.3, -0.25) is 19.0 Å². The second kappa shape index (κ2) is 17.2. The van der Waals surface area contributed by atoms with E-state index in [2.05, 4.69) is 36.2 Å². The first-order chi connectivity index (χ1) is 24.2. The Hall–Kier alpha value is -5.07. The molecule has 2 aromatic heterocycles. The zero-order chi connectivity index (χ0) is 37.3. The highest BCUT2D eigenvalue weighted by Crippen LogP contribution is 2.32. The highest BCUT2D eigenvalue weighted by molar-refractivity contribution is 5.91. The molecule has 6 atom stereocenters. The Labute approximate surface area is 294 Å². The summed E-state index contributed by atoms with van der Waals surface area (Å²) in [7, 11) is 1.52. The number of hydrogen-bond donors (Lipinski definition) is 7. The summed E-state index contributed by atoms with van der Waals surface area (Å²) in [4.78, 5) is 64.1. The van der Waals surface area contributed by atoms with Gasteiger partial charge in [-0.15, -0.1) is 0 Å². The van der Waals surface area contributed by atoms with Gasteiger partial charge in [-0.25, -0.2) is 19.7 Å². The van der Waals surface area contributed by atoms with Crippen LogP contribution in [0.1, 0.15) is 58.7 Å². The van der Waals surface area contributed by atoms with E-state index in [0.717, 1.165) is 0 Å². The number of anilines is 1. The molecule has 0 spiro atoms. The third-order valence-electron chi connectivity index (χ3n) is 8.06. The number of nitrogens with zero attached hydrogens (tertiary/aromatic N) is 4. The molecular formula is C33H47N9O9. The first-order valence-electron chi connectivity index (χ1n) is 16.6. The summed E-state index contributed by atoms with van der Waals surface area (Å²) < 4.78 is 18.0. The molecular weight excluding hydrogens is 666 g/mol. The molecule has 1 aliphatic rings. The van der Waals surface area contributed by atoms with Crippen LogP contribution in [-0.2, 0) is 30.3 Å². The van der Waals surface area contributed by atoms with Crippen LogP contribution in [0.2, 0.25) is 0 Å². The average molecular weight is 714 g/mol. The van der Waals surface area contributed by atoms with E-state index < -0.39 is 66.7 Å². The Bertz CT molecular complexity index is 1660. The van der Waals surface area contributed by atoms with Crippen LogP contribution in [0.3, 0.4) is 0 Å². The van der Waals surface area contributed by atoms with Crippen molar-refractivity contribution in [2.45, 2.75) is 95.5 Å². The van der Waals surface area contributed by atoms with Crippen LogP contribution in [0.25, 0.3) is 11.2 Å². The Balaban J connectivity index is 1.56. The molecule has 1 aliphatic heterocycles. The number of aromatic nitrogens is 4. The SMILES string of the molecule is COc1ccc(CC(NC(=O)[C@@H](CCCCNC(C)=O)NC(=O)OC(C)(C)C)C(=O)NC2[C@@H](CO)O[C@@H](n3cnc4c(N)ncnc43)[C@H]2O)cc1. The maximum atomic E-state index is 14.0. The number of amides is 4. The molecule has 1 aromatic carbocycles. The number of carbonyl (C=O) groups is 4. The van der Waals surface area contributed by atoms with Gasteiger partial charge in [0, 0.05) is 19.9 Å². The quantitative estimate of drug-likeness (QED) is 0.103. The number of imidazole rings is 1. The van der Waals surface area contributed by atoms with Gasteiger partial charge < -0.3 is 51.4 Å². The van der Waals surface area contributed by atoms with Crippen molar-refractivity contribution < 1.29 is 43.6 Å². The van der Waals surface area contributed by atoms with Gasteiger partial charge in [0.15, 0.2) is 17.7 Å². The third kappa shape index (κ3) is 10.5. The summed E-state index contributed by atoms with van der Waals surface area (Å²) in [6, 6.07) is 3.47. The monoisotopic (exact) mass is 713 g/mol. The highest BCUT2D eigenvalue weighted by atomic mass is 16.6. The molecule has 1 saturated heterocycles. The van der Waals surface area contributed by atoms with Crippen LogP contribution >= 0.6 is 0 Å². The lowest BCUT2D eigenvalue weighted by molar-refractivity contribution is -0.131. The van der Waals surface area contributed by atoms with E-state index in [0.29, 0.717) is 30.7 Å². The summed E-state index contributed by atoms with van der Waals surface area (Å²) >= 11 is 0. The summed E-state index contributed by atoms with van der Waals surface area (Å²) in [5, 5.41) is 32.4. The number of carbonyl (C=O) groups excluding carboxylic acids is 4. The van der Waals surface area contributed by atoms with Crippen LogP contribution in [0.5, 0.6) is 5.75 Å². The lowest BCUT2D eigenvalue weighted by atomic mass is 10.0. The van der Waals surface area contributed by atoms with Crippen molar-refractivity contribution in [1.29, 1.82) is 0 Å². The number of fused-ring (bicyclic) bond motifs is 1. The van der Waals surface area contributed by atoms with Gasteiger partial charge in [-0.05, 0) is 57.7 Å². The zero-order valence-corrected chi connectivity index (χ0v) is 29.3. The zero-order valence-electron chi connectivity index (χ0n) is 29.3. The number of aliphatic hydroxyl groups is 2. The minimum atomic E-state index is -1.39. The molecule has 18 heteroatoms. The minimum absolute atomic E-state index is 0.0164. The second-order valence-corrected chi connectivity index (χ2v) is 13.1. The Morgan fingerprint density at radius 1 is 1.04 bits per heavy atom. The maximum absolute atomic E-state index is 14.0. The molecule has 3 aromatic rings. The largest absolute Gasteiger partial charge is 0.497 e. The number of rotatable bonds is 15. The normalized spacial score (nSPS) is 19.9. The molecule has 3 heterocycles. The van der Waals surface area contributed by atoms with Crippen molar-refractivity contribution >= 4 is 40.8 Å². The highest BCUT2D eigenvalue weighted by Gasteiger charge is 2.46. The van der Waals surface area contributed by atoms with Crippen molar-refractivity contribution in [3.8, 4) is 5.75 Å². The summed E-state index contributed by atoms with van der Waals surface area (Å²) in [6.45, 7) is 6.29. The molecule has 0 bridgehead atoms. The van der Waals surface area contributed by atoms with Crippen LogP contribution in [0, 0.1) is 0 Å². The lowest BCUT2D eigenvalue weighted by Gasteiger charge is -2.27. The fourth-order valence-corrected chi connectivity index (χ4v) is 5.56. The van der Waals surface area contributed by atoms with Crippen LogP contribution in [0.15, 0.2) is 36.9 Å². The molecule has 2 unspecified atom stereocenters. The minimum Gasteiger partial charge on any atom is -0.497 e. The third-order valence-corrected chi connectivity index (χ3v) is 8.06. The van der Waals surface area contributed by atoms with E-state index in [1.807, 2.05) is 0 Å². The summed E-state index contributed by atoms with van der Waals surface area (Å²) in [5.74, 6) is -0.815. The van der Waals surface area contributed by atoms with E-state index in [1.54, 1.807) is 45.0 Å². The van der Waals surface area contributed by atoms with Crippen molar-refractivity contribution in [3.63, 3.8) is 0 Å². The Morgan fingerprint density at radius 2 is 1.76 bits per heavy atom. The topological polar surface area (TPSA) is 254 Å². The number of hydrogen-bond acceptors (Lipinski definition) is 13. The van der Waals surface area contributed by atoms with Crippen molar-refractivity contribution in [1.82, 2.24) is 40.8 Å². The Morgan fingerprint density at radius 3 is 2.41 bits per heavy atom. The number of benzene rings is 1. The molecule has 51 heavy (non-hydrogen) atoms. The van der Waals surface area contributed by atoms with Crippen molar-refractivity contribution in [2.75, 3.05) is 26.0 Å². The molecule has 0 radical (unpaired) electrons. The van der Waals surface area contributed by atoms with Crippen molar-refractivity contribution in [2.24, 2.45) is 0 Å². The van der Waals surface area contributed by atoms with Crippen LogP contribution in [0.4, 0.5) is 10.6 Å². The number of nitrogens with one attached hydrogen (secondary N) is 4. The first-order valence-corrected chi connectivity index (χ1v) is 16.6. The average Bonchev–Trinajstić information content (AvgIpc) is 3.64. The van der Waals surface area contributed by atoms with E-state index in [4.69, 9.17) is 19.9 Å². The van der Waals surface area contributed by atoms with Gasteiger partial charge in [0.2, 0.25) is 17.7 Å². The molecule has 0 saturated carbocycles. The first kappa shape index (κ1) is 38.7. The summed E-state index contributed by atoms with van der Waals surface area (Å²) in [6.07, 6.45) is -0.583. The molecule has 4 rings (SSSR count). The van der Waals surface area contributed by atoms with Gasteiger partial charge in [-0.2, -0.15) is 0 Å². The van der Waals surface area contributed by atoms with Gasteiger partial charge in [0.1, 0.15) is 47.5 Å². The van der Waals surface area contributed by atoms with Gasteiger partial charge in [-0.1, -0.05) is 12.1 Å². The number of methoxy groups -OCH3 is 1. The molecule has 0 aliphatic carbocycles. The fourth-order valence-electron chi connectivity index (χ4n) is 5.56. The Kier molecular flexibility index (Phi) is 13.1. The van der Waals surface area contributed by atoms with E-state index in [-0.39, 0.29) is 35.7 Å². The molecule has 278 valence electrons. The maximum Gasteiger partial charge on any atom is 0.408 e. The van der Waals surface area contributed by atoms with Crippen molar-refractivity contribution in [3.05, 3.63) is 42.5 Å². The molecule has 4 amide bonds. The fraction of sp³-hybridized carbons (Fsp3) is 0.545. The van der Waals surface area contributed by atoms with Crippen LogP contribution < -0.4 is 31.7 Å².